The van der Waals surface area contributed by atoms with Crippen LogP contribution in [0.2, 0.25) is 0 Å². The van der Waals surface area contributed by atoms with Gasteiger partial charge in [-0.2, -0.15) is 0 Å². The summed E-state index contributed by atoms with van der Waals surface area (Å²) < 4.78 is 0. The second kappa shape index (κ2) is 5.14. The van der Waals surface area contributed by atoms with E-state index in [-0.39, 0.29) is 17.7 Å². The highest BCUT2D eigenvalue weighted by Crippen LogP contribution is 2.13. The Morgan fingerprint density at radius 2 is 2.27 bits per heavy atom. The summed E-state index contributed by atoms with van der Waals surface area (Å²) in [5.41, 5.74) is 0. The standard InChI is InChI=1S/C11H20N2O2/c1-4-13(7-8(2)3)11(15)9-5-10(14)12-6-9/h8-9H,4-7H2,1-3H3,(H,12,14). The Morgan fingerprint density at radius 3 is 2.67 bits per heavy atom. The Labute approximate surface area is 91.0 Å². The van der Waals surface area contributed by atoms with Crippen LogP contribution in [0.1, 0.15) is 27.2 Å². The zero-order valence-electron chi connectivity index (χ0n) is 9.75. The second-order valence-electron chi connectivity index (χ2n) is 4.48. The van der Waals surface area contributed by atoms with Gasteiger partial charge in [-0.25, -0.2) is 0 Å². The van der Waals surface area contributed by atoms with Gasteiger partial charge in [-0.15, -0.1) is 0 Å². The first-order valence-electron chi connectivity index (χ1n) is 5.60. The molecule has 1 aliphatic rings. The third-order valence-electron chi connectivity index (χ3n) is 2.61. The van der Waals surface area contributed by atoms with Crippen molar-refractivity contribution in [2.24, 2.45) is 11.8 Å². The third-order valence-corrected chi connectivity index (χ3v) is 2.61. The molecule has 0 aromatic rings. The Hall–Kier alpha value is -1.06. The van der Waals surface area contributed by atoms with Crippen molar-refractivity contribution in [1.29, 1.82) is 0 Å². The first-order chi connectivity index (χ1) is 7.04. The first-order valence-corrected chi connectivity index (χ1v) is 5.60. The van der Waals surface area contributed by atoms with E-state index < -0.39 is 0 Å². The van der Waals surface area contributed by atoms with Crippen molar-refractivity contribution in [2.75, 3.05) is 19.6 Å². The fourth-order valence-corrected chi connectivity index (χ4v) is 1.85. The van der Waals surface area contributed by atoms with E-state index in [0.29, 0.717) is 18.9 Å². The molecule has 0 radical (unpaired) electrons. The summed E-state index contributed by atoms with van der Waals surface area (Å²) in [6.45, 7) is 8.17. The van der Waals surface area contributed by atoms with Crippen LogP contribution in [0, 0.1) is 11.8 Å². The van der Waals surface area contributed by atoms with Gasteiger partial charge in [0.05, 0.1) is 5.92 Å². The molecule has 0 bridgehead atoms. The molecule has 1 aliphatic heterocycles. The van der Waals surface area contributed by atoms with E-state index in [1.54, 1.807) is 0 Å². The maximum absolute atomic E-state index is 12.0. The van der Waals surface area contributed by atoms with E-state index >= 15 is 0 Å². The van der Waals surface area contributed by atoms with Gasteiger partial charge in [-0.3, -0.25) is 9.59 Å². The fourth-order valence-electron chi connectivity index (χ4n) is 1.85. The molecular weight excluding hydrogens is 192 g/mol. The number of nitrogens with zero attached hydrogens (tertiary/aromatic N) is 1. The smallest absolute Gasteiger partial charge is 0.227 e. The minimum absolute atomic E-state index is 0.00560. The van der Waals surface area contributed by atoms with Crippen LogP contribution in [0.3, 0.4) is 0 Å². The molecule has 1 saturated heterocycles. The SMILES string of the molecule is CCN(CC(C)C)C(=O)C1CNC(=O)C1. The lowest BCUT2D eigenvalue weighted by atomic mass is 10.1. The summed E-state index contributed by atoms with van der Waals surface area (Å²) >= 11 is 0. The van der Waals surface area contributed by atoms with Gasteiger partial charge in [0.15, 0.2) is 0 Å². The zero-order chi connectivity index (χ0) is 11.4. The molecule has 86 valence electrons. The average molecular weight is 212 g/mol. The average Bonchev–Trinajstić information content (AvgIpc) is 2.60. The quantitative estimate of drug-likeness (QED) is 0.743. The van der Waals surface area contributed by atoms with E-state index in [1.165, 1.54) is 0 Å². The molecule has 1 unspecified atom stereocenters. The highest BCUT2D eigenvalue weighted by Gasteiger charge is 2.30. The minimum atomic E-state index is -0.142. The van der Waals surface area contributed by atoms with E-state index in [2.05, 4.69) is 19.2 Å². The van der Waals surface area contributed by atoms with Crippen molar-refractivity contribution >= 4 is 11.8 Å². The van der Waals surface area contributed by atoms with Crippen LogP contribution in [0.25, 0.3) is 0 Å². The fraction of sp³-hybridized carbons (Fsp3) is 0.818. The summed E-state index contributed by atoms with van der Waals surface area (Å²) in [6.07, 6.45) is 0.355. The van der Waals surface area contributed by atoms with Crippen molar-refractivity contribution in [1.82, 2.24) is 10.2 Å². The summed E-state index contributed by atoms with van der Waals surface area (Å²) in [5, 5.41) is 2.70. The molecule has 0 spiro atoms. The molecule has 1 atom stereocenters. The third kappa shape index (κ3) is 3.22. The van der Waals surface area contributed by atoms with Crippen LogP contribution in [-0.2, 0) is 9.59 Å². The number of carbonyl (C=O) groups excluding carboxylic acids is 2. The molecule has 1 fully saturated rings. The van der Waals surface area contributed by atoms with Gasteiger partial charge in [-0.05, 0) is 12.8 Å². The summed E-state index contributed by atoms with van der Waals surface area (Å²) in [6, 6.07) is 0. The largest absolute Gasteiger partial charge is 0.355 e. The summed E-state index contributed by atoms with van der Waals surface area (Å²) in [5.74, 6) is 0.439. The molecule has 4 nitrogen and oxygen atoms in total. The topological polar surface area (TPSA) is 49.4 Å². The minimum Gasteiger partial charge on any atom is -0.355 e. The van der Waals surface area contributed by atoms with Crippen molar-refractivity contribution in [3.05, 3.63) is 0 Å². The van der Waals surface area contributed by atoms with Crippen LogP contribution in [0.15, 0.2) is 0 Å². The monoisotopic (exact) mass is 212 g/mol. The van der Waals surface area contributed by atoms with Gasteiger partial charge in [0.25, 0.3) is 0 Å². The summed E-state index contributed by atoms with van der Waals surface area (Å²) in [4.78, 5) is 24.8. The van der Waals surface area contributed by atoms with Crippen molar-refractivity contribution in [2.45, 2.75) is 27.2 Å². The molecule has 4 heteroatoms. The molecule has 0 aliphatic carbocycles. The highest BCUT2D eigenvalue weighted by molar-refractivity contribution is 5.89. The maximum Gasteiger partial charge on any atom is 0.227 e. The zero-order valence-corrected chi connectivity index (χ0v) is 9.75. The number of hydrogen-bond donors (Lipinski definition) is 1. The Bertz CT molecular complexity index is 251. The lowest BCUT2D eigenvalue weighted by Gasteiger charge is -2.25. The Kier molecular flexibility index (Phi) is 4.12. The molecular formula is C11H20N2O2. The molecule has 0 aromatic heterocycles. The molecule has 0 saturated carbocycles. The molecule has 15 heavy (non-hydrogen) atoms. The van der Waals surface area contributed by atoms with Gasteiger partial charge < -0.3 is 10.2 Å². The van der Waals surface area contributed by atoms with Gasteiger partial charge in [-0.1, -0.05) is 13.8 Å². The van der Waals surface area contributed by atoms with Crippen LogP contribution in [-0.4, -0.2) is 36.3 Å². The van der Waals surface area contributed by atoms with E-state index in [4.69, 9.17) is 0 Å². The van der Waals surface area contributed by atoms with Crippen molar-refractivity contribution in [3.8, 4) is 0 Å². The normalized spacial score (nSPS) is 20.5. The maximum atomic E-state index is 12.0. The van der Waals surface area contributed by atoms with E-state index in [1.807, 2.05) is 11.8 Å². The number of amides is 2. The lowest BCUT2D eigenvalue weighted by molar-refractivity contribution is -0.136. The van der Waals surface area contributed by atoms with Gasteiger partial charge in [0.2, 0.25) is 11.8 Å². The highest BCUT2D eigenvalue weighted by atomic mass is 16.2. The number of nitrogens with one attached hydrogen (secondary N) is 1. The number of hydrogen-bond acceptors (Lipinski definition) is 2. The molecule has 1 rings (SSSR count). The Balaban J connectivity index is 2.53. The van der Waals surface area contributed by atoms with Crippen LogP contribution < -0.4 is 5.32 Å². The first kappa shape index (κ1) is 12.0. The Morgan fingerprint density at radius 1 is 1.60 bits per heavy atom. The van der Waals surface area contributed by atoms with E-state index in [9.17, 15) is 9.59 Å². The number of rotatable bonds is 4. The predicted octanol–water partition coefficient (Wildman–Crippen LogP) is 0.627. The van der Waals surface area contributed by atoms with Crippen molar-refractivity contribution < 1.29 is 9.59 Å². The van der Waals surface area contributed by atoms with Crippen LogP contribution in [0.4, 0.5) is 0 Å². The lowest BCUT2D eigenvalue weighted by Crippen LogP contribution is -2.39. The molecule has 1 heterocycles. The van der Waals surface area contributed by atoms with E-state index in [0.717, 1.165) is 13.1 Å². The number of carbonyl (C=O) groups is 2. The summed E-state index contributed by atoms with van der Waals surface area (Å²) in [7, 11) is 0. The molecule has 0 aromatic carbocycles. The van der Waals surface area contributed by atoms with Crippen molar-refractivity contribution in [3.63, 3.8) is 0 Å². The second-order valence-corrected chi connectivity index (χ2v) is 4.48. The van der Waals surface area contributed by atoms with Crippen LogP contribution >= 0.6 is 0 Å². The van der Waals surface area contributed by atoms with Gasteiger partial charge in [0.1, 0.15) is 0 Å². The van der Waals surface area contributed by atoms with Crippen LogP contribution in [0.5, 0.6) is 0 Å². The predicted molar refractivity (Wildman–Crippen MR) is 58.2 cm³/mol. The van der Waals surface area contributed by atoms with Gasteiger partial charge in [0, 0.05) is 26.1 Å². The van der Waals surface area contributed by atoms with Gasteiger partial charge >= 0.3 is 0 Å². The molecule has 1 N–H and O–H groups in total. The molecule has 2 amide bonds.